The predicted molar refractivity (Wildman–Crippen MR) is 216 cm³/mol. The number of carbonyl (C=O) groups is 9. The van der Waals surface area contributed by atoms with E-state index in [1.807, 2.05) is 0 Å². The molecular weight excluding hydrogens is 874 g/mol. The number of hydrogen-bond acceptors (Lipinski definition) is 21. The normalized spacial score (nSPS) is 34.6. The second kappa shape index (κ2) is 18.1. The molecular formula is C45H51NO20. The largest absolute Gasteiger partial charge is 0.465 e. The topological polar surface area (TPSA) is 279 Å². The van der Waals surface area contributed by atoms with Gasteiger partial charge in [-0.25, -0.2) is 14.4 Å². The van der Waals surface area contributed by atoms with Gasteiger partial charge < -0.3 is 52.5 Å². The van der Waals surface area contributed by atoms with Gasteiger partial charge in [-0.15, -0.1) is 0 Å². The van der Waals surface area contributed by atoms with Crippen molar-refractivity contribution in [2.24, 2.45) is 11.3 Å². The first-order valence-corrected chi connectivity index (χ1v) is 20.9. The summed E-state index contributed by atoms with van der Waals surface area (Å²) in [5.41, 5.74) is -13.3. The molecule has 0 amide bonds. The molecule has 1 saturated heterocycles. The highest BCUT2D eigenvalue weighted by Gasteiger charge is 2.92. The molecule has 356 valence electrons. The number of carbonyl (C=O) groups excluding carboxylic acids is 9. The Hall–Kier alpha value is -6.48. The third-order valence-electron chi connectivity index (χ3n) is 12.5. The zero-order chi connectivity index (χ0) is 48.7. The maximum atomic E-state index is 14.9. The summed E-state index contributed by atoms with van der Waals surface area (Å²) in [5, 5.41) is 13.8. The van der Waals surface area contributed by atoms with Gasteiger partial charge >= 0.3 is 53.7 Å². The lowest BCUT2D eigenvalue weighted by atomic mass is 9.45. The van der Waals surface area contributed by atoms with Crippen LogP contribution in [0.15, 0.2) is 48.7 Å². The van der Waals surface area contributed by atoms with E-state index in [0.717, 1.165) is 48.5 Å². The summed E-state index contributed by atoms with van der Waals surface area (Å²) >= 11 is 0. The zero-order valence-corrected chi connectivity index (χ0v) is 37.6. The Morgan fingerprint density at radius 2 is 1.32 bits per heavy atom. The summed E-state index contributed by atoms with van der Waals surface area (Å²) in [6, 6.07) is 10.2. The minimum Gasteiger partial charge on any atom is -0.465 e. The van der Waals surface area contributed by atoms with Crippen LogP contribution in [0.4, 0.5) is 0 Å². The summed E-state index contributed by atoms with van der Waals surface area (Å²) in [5.74, 6) is -11.6. The fourth-order valence-electron chi connectivity index (χ4n) is 10.1. The van der Waals surface area contributed by atoms with Crippen molar-refractivity contribution in [2.75, 3.05) is 13.2 Å². The molecule has 0 radical (unpaired) electrons. The minimum atomic E-state index is -3.03. The Labute approximate surface area is 377 Å². The Bertz CT molecular complexity index is 2310. The highest BCUT2D eigenvalue weighted by atomic mass is 16.7. The van der Waals surface area contributed by atoms with Crippen LogP contribution in [0.5, 0.6) is 0 Å². The van der Waals surface area contributed by atoms with Crippen LogP contribution in [-0.2, 0) is 87.4 Å². The Morgan fingerprint density at radius 3 is 1.89 bits per heavy atom. The number of benzene rings is 1. The molecule has 1 aromatic carbocycles. The van der Waals surface area contributed by atoms with Crippen molar-refractivity contribution < 1.29 is 95.6 Å². The summed E-state index contributed by atoms with van der Waals surface area (Å²) in [7, 11) is 0. The van der Waals surface area contributed by atoms with Gasteiger partial charge in [-0.2, -0.15) is 0 Å². The number of cyclic esters (lactones) is 1. The van der Waals surface area contributed by atoms with Gasteiger partial charge in [-0.3, -0.25) is 33.8 Å². The van der Waals surface area contributed by atoms with Gasteiger partial charge in [0, 0.05) is 54.2 Å². The standard InChI is InChI=1S/C45H51NO20/c1-22(47)57-21-44-36(61-25(4)50)32(59-23(2)48)31-34(63-38(53)28-14-11-10-12-15-28)45(44)43(9,56)35(33(60-24(3)49)37(44)62-26(5)51)64-40(55)41(7,65-27(6)52)18-17-30-29(16-13-19-46-30)39(54)58-20-42(31,8)66-45/h10-16,19,31-37,56H,17-18,20-21H2,1-9H3/t31-,32+,33+,34-,35+,36-,37+,41?,42+,43+,44-,45+/m1/s1. The Balaban J connectivity index is 1.82. The van der Waals surface area contributed by atoms with Crippen molar-refractivity contribution in [1.29, 1.82) is 0 Å². The first-order valence-electron chi connectivity index (χ1n) is 20.9. The number of aryl methyl sites for hydroxylation is 1. The van der Waals surface area contributed by atoms with E-state index in [9.17, 15) is 48.3 Å². The van der Waals surface area contributed by atoms with Crippen LogP contribution in [-0.4, -0.2) is 136 Å². The van der Waals surface area contributed by atoms with E-state index < -0.39 is 144 Å². The third kappa shape index (κ3) is 8.44. The zero-order valence-electron chi connectivity index (χ0n) is 37.6. The van der Waals surface area contributed by atoms with Gasteiger partial charge in [-0.1, -0.05) is 18.2 Å². The van der Waals surface area contributed by atoms with Gasteiger partial charge in [-0.05, 0) is 51.5 Å². The quantitative estimate of drug-likeness (QED) is 0.277. The Kier molecular flexibility index (Phi) is 13.4. The van der Waals surface area contributed by atoms with Crippen molar-refractivity contribution in [3.8, 4) is 0 Å². The monoisotopic (exact) mass is 925 g/mol. The van der Waals surface area contributed by atoms with Crippen molar-refractivity contribution in [3.05, 3.63) is 65.5 Å². The van der Waals surface area contributed by atoms with Crippen molar-refractivity contribution in [2.45, 2.75) is 134 Å². The molecule has 12 atom stereocenters. The van der Waals surface area contributed by atoms with E-state index >= 15 is 0 Å². The number of hydrogen-bond donors (Lipinski definition) is 1. The van der Waals surface area contributed by atoms with E-state index in [1.54, 1.807) is 6.07 Å². The lowest BCUT2D eigenvalue weighted by molar-refractivity contribution is -0.386. The fraction of sp³-hybridized carbons (Fsp3) is 0.556. The van der Waals surface area contributed by atoms with E-state index in [1.165, 1.54) is 56.4 Å². The molecule has 66 heavy (non-hydrogen) atoms. The molecule has 2 aliphatic heterocycles. The van der Waals surface area contributed by atoms with Crippen LogP contribution >= 0.6 is 0 Å². The molecule has 2 aliphatic carbocycles. The van der Waals surface area contributed by atoms with Crippen LogP contribution in [0.3, 0.4) is 0 Å². The number of rotatable bonds is 9. The number of aromatic nitrogens is 1. The van der Waals surface area contributed by atoms with E-state index in [2.05, 4.69) is 4.98 Å². The molecule has 1 unspecified atom stereocenters. The summed E-state index contributed by atoms with van der Waals surface area (Å²) in [6.07, 6.45) is -12.2. The minimum absolute atomic E-state index is 0.0691. The van der Waals surface area contributed by atoms with Gasteiger partial charge in [0.25, 0.3) is 0 Å². The van der Waals surface area contributed by atoms with E-state index in [0.29, 0.717) is 0 Å². The van der Waals surface area contributed by atoms with Crippen molar-refractivity contribution in [1.82, 2.24) is 4.98 Å². The molecule has 6 rings (SSSR count). The maximum Gasteiger partial charge on any atom is 0.350 e. The summed E-state index contributed by atoms with van der Waals surface area (Å²) < 4.78 is 61.0. The Morgan fingerprint density at radius 1 is 0.727 bits per heavy atom. The lowest BCUT2D eigenvalue weighted by Crippen LogP contribution is -2.89. The maximum absolute atomic E-state index is 14.9. The number of esters is 9. The highest BCUT2D eigenvalue weighted by Crippen LogP contribution is 2.70. The lowest BCUT2D eigenvalue weighted by Gasteiger charge is -2.67. The summed E-state index contributed by atoms with van der Waals surface area (Å²) in [4.78, 5) is 127. The van der Waals surface area contributed by atoms with Gasteiger partial charge in [0.05, 0.1) is 22.7 Å². The molecule has 21 nitrogen and oxygen atoms in total. The molecule has 3 heterocycles. The third-order valence-corrected chi connectivity index (χ3v) is 12.5. The van der Waals surface area contributed by atoms with Crippen LogP contribution in [0.25, 0.3) is 0 Å². The number of nitrogens with zero attached hydrogens (tertiary/aromatic N) is 1. The van der Waals surface area contributed by atoms with Gasteiger partial charge in [0.15, 0.2) is 30.0 Å². The summed E-state index contributed by atoms with van der Waals surface area (Å²) in [6.45, 7) is 7.32. The fourth-order valence-corrected chi connectivity index (χ4v) is 10.1. The number of aliphatic hydroxyl groups is 1. The molecule has 1 N–H and O–H groups in total. The predicted octanol–water partition coefficient (Wildman–Crippen LogP) is 1.84. The molecule has 2 saturated carbocycles. The van der Waals surface area contributed by atoms with Crippen LogP contribution in [0, 0.1) is 11.3 Å². The average Bonchev–Trinajstić information content (AvgIpc) is 3.45. The van der Waals surface area contributed by atoms with Crippen LogP contribution < -0.4 is 0 Å². The molecule has 1 spiro atoms. The number of pyridine rings is 1. The molecule has 4 bridgehead atoms. The van der Waals surface area contributed by atoms with E-state index in [4.69, 9.17) is 47.4 Å². The molecule has 3 fully saturated rings. The van der Waals surface area contributed by atoms with Gasteiger partial charge in [0.2, 0.25) is 5.60 Å². The van der Waals surface area contributed by atoms with Gasteiger partial charge in [0.1, 0.15) is 42.0 Å². The molecule has 2 aromatic rings. The SMILES string of the molecule is CC(=O)OC[C@]12[C@H](OC(C)=O)[C@@H](OC(C)=O)[C@@H]3[C@@H](OC(=O)c4ccccc4)[C@@]14O[C@@]3(C)COC(=O)c1cccnc1CCC(C)(OC(C)=O)C(=O)O[C@@H]([C@H](OC(C)=O)[C@@H]2OC(C)=O)[C@]4(C)O. The number of fused-ring (bicyclic) bond motifs is 5. The van der Waals surface area contributed by atoms with Crippen molar-refractivity contribution in [3.63, 3.8) is 0 Å². The second-order valence-electron chi connectivity index (χ2n) is 17.3. The van der Waals surface area contributed by atoms with Crippen molar-refractivity contribution >= 4 is 53.7 Å². The van der Waals surface area contributed by atoms with E-state index in [-0.39, 0.29) is 23.2 Å². The number of ether oxygens (including phenoxy) is 10. The highest BCUT2D eigenvalue weighted by molar-refractivity contribution is 5.91. The molecule has 21 heteroatoms. The van der Waals surface area contributed by atoms with Crippen LogP contribution in [0.2, 0.25) is 0 Å². The molecule has 1 aromatic heterocycles. The second-order valence-corrected chi connectivity index (χ2v) is 17.3. The molecule has 4 aliphatic rings. The first kappa shape index (κ1) is 49.0. The average molecular weight is 926 g/mol. The first-order chi connectivity index (χ1) is 30.8. The van der Waals surface area contributed by atoms with Crippen LogP contribution in [0.1, 0.15) is 95.1 Å². The smallest absolute Gasteiger partial charge is 0.350 e.